The molecule has 5 heteroatoms. The Morgan fingerprint density at radius 2 is 2.22 bits per heavy atom. The number of ether oxygens (including phenoxy) is 1. The summed E-state index contributed by atoms with van der Waals surface area (Å²) in [5, 5.41) is 13.9. The normalized spacial score (nSPS) is 25.8. The topological polar surface area (TPSA) is 68.4 Å². The Kier molecular flexibility index (Phi) is 4.35. The maximum Gasteiger partial charge on any atom is 0.232 e. The van der Waals surface area contributed by atoms with Gasteiger partial charge in [0.1, 0.15) is 6.10 Å². The number of aliphatic hydroxyl groups excluding tert-OH is 1. The van der Waals surface area contributed by atoms with Gasteiger partial charge in [-0.15, -0.1) is 0 Å². The minimum absolute atomic E-state index is 0.000638. The quantitative estimate of drug-likeness (QED) is 0.874. The Morgan fingerprint density at radius 1 is 1.44 bits per heavy atom. The van der Waals surface area contributed by atoms with Gasteiger partial charge in [0.25, 0.3) is 0 Å². The molecule has 0 saturated heterocycles. The summed E-state index contributed by atoms with van der Waals surface area (Å²) in [6.45, 7) is 6.72. The molecule has 1 aromatic heterocycles. The van der Waals surface area contributed by atoms with Crippen molar-refractivity contribution in [2.75, 3.05) is 6.61 Å². The summed E-state index contributed by atoms with van der Waals surface area (Å²) in [6, 6.07) is 0. The molecule has 5 nitrogen and oxygen atoms in total. The molecule has 1 saturated carbocycles. The lowest BCUT2D eigenvalue weighted by Gasteiger charge is -2.16. The minimum Gasteiger partial charge on any atom is -0.392 e. The molecule has 0 spiro atoms. The van der Waals surface area contributed by atoms with Gasteiger partial charge >= 0.3 is 0 Å². The van der Waals surface area contributed by atoms with Crippen molar-refractivity contribution >= 4 is 0 Å². The fourth-order valence-electron chi connectivity index (χ4n) is 2.49. The standard InChI is InChI=1S/C13H22N2O3/c1-4-17-11(8(2)3)12-14-13(18-15-12)9-6-5-7-10(9)16/h8-11,16H,4-7H2,1-3H3. The first kappa shape index (κ1) is 13.5. The maximum absolute atomic E-state index is 9.84. The SMILES string of the molecule is CCOC(c1noc(C2CCCC2O)n1)C(C)C. The minimum atomic E-state index is -0.345. The highest BCUT2D eigenvalue weighted by Crippen LogP contribution is 2.34. The molecule has 18 heavy (non-hydrogen) atoms. The van der Waals surface area contributed by atoms with E-state index in [4.69, 9.17) is 9.26 Å². The van der Waals surface area contributed by atoms with E-state index in [-0.39, 0.29) is 18.1 Å². The van der Waals surface area contributed by atoms with Gasteiger partial charge < -0.3 is 14.4 Å². The van der Waals surface area contributed by atoms with Crippen LogP contribution in [0.3, 0.4) is 0 Å². The first-order chi connectivity index (χ1) is 8.63. The molecule has 1 N–H and O–H groups in total. The monoisotopic (exact) mass is 254 g/mol. The third kappa shape index (κ3) is 2.72. The van der Waals surface area contributed by atoms with Crippen LogP contribution in [-0.4, -0.2) is 28.0 Å². The summed E-state index contributed by atoms with van der Waals surface area (Å²) < 4.78 is 10.9. The van der Waals surface area contributed by atoms with Crippen LogP contribution in [0.4, 0.5) is 0 Å². The summed E-state index contributed by atoms with van der Waals surface area (Å²) in [5.41, 5.74) is 0. The molecule has 0 radical (unpaired) electrons. The first-order valence-electron chi connectivity index (χ1n) is 6.76. The Labute approximate surface area is 108 Å². The lowest BCUT2D eigenvalue weighted by atomic mass is 10.1. The molecule has 0 amide bonds. The van der Waals surface area contributed by atoms with E-state index in [0.717, 1.165) is 19.3 Å². The molecule has 102 valence electrons. The lowest BCUT2D eigenvalue weighted by molar-refractivity contribution is 0.0217. The smallest absolute Gasteiger partial charge is 0.232 e. The van der Waals surface area contributed by atoms with Crippen molar-refractivity contribution in [1.82, 2.24) is 10.1 Å². The molecule has 3 unspecified atom stereocenters. The van der Waals surface area contributed by atoms with E-state index in [0.29, 0.717) is 24.2 Å². The van der Waals surface area contributed by atoms with E-state index >= 15 is 0 Å². The largest absolute Gasteiger partial charge is 0.392 e. The number of hydrogen-bond acceptors (Lipinski definition) is 5. The van der Waals surface area contributed by atoms with Gasteiger partial charge in [-0.05, 0) is 32.1 Å². The Morgan fingerprint density at radius 3 is 2.78 bits per heavy atom. The van der Waals surface area contributed by atoms with Gasteiger partial charge in [0.2, 0.25) is 11.7 Å². The highest BCUT2D eigenvalue weighted by molar-refractivity contribution is 5.02. The highest BCUT2D eigenvalue weighted by Gasteiger charge is 2.32. The van der Waals surface area contributed by atoms with E-state index in [1.54, 1.807) is 0 Å². The molecule has 1 aliphatic carbocycles. The van der Waals surface area contributed by atoms with Crippen molar-refractivity contribution in [3.05, 3.63) is 11.7 Å². The molecular weight excluding hydrogens is 232 g/mol. The average Bonchev–Trinajstić information content (AvgIpc) is 2.93. The van der Waals surface area contributed by atoms with Gasteiger partial charge in [0.05, 0.1) is 12.0 Å². The van der Waals surface area contributed by atoms with Crippen LogP contribution < -0.4 is 0 Å². The van der Waals surface area contributed by atoms with Gasteiger partial charge in [-0.1, -0.05) is 19.0 Å². The molecule has 1 aliphatic rings. The zero-order chi connectivity index (χ0) is 13.1. The molecule has 2 rings (SSSR count). The molecule has 0 aliphatic heterocycles. The molecular formula is C13H22N2O3. The lowest BCUT2D eigenvalue weighted by Crippen LogP contribution is -2.14. The van der Waals surface area contributed by atoms with E-state index < -0.39 is 0 Å². The second-order valence-corrected chi connectivity index (χ2v) is 5.22. The predicted octanol–water partition coefficient (Wildman–Crippen LogP) is 2.43. The Hall–Kier alpha value is -0.940. The van der Waals surface area contributed by atoms with Gasteiger partial charge in [0, 0.05) is 6.61 Å². The number of nitrogens with zero attached hydrogens (tertiary/aromatic N) is 2. The van der Waals surface area contributed by atoms with E-state index in [1.165, 1.54) is 0 Å². The van der Waals surface area contributed by atoms with Gasteiger partial charge in [-0.2, -0.15) is 4.98 Å². The summed E-state index contributed by atoms with van der Waals surface area (Å²) in [4.78, 5) is 4.42. The summed E-state index contributed by atoms with van der Waals surface area (Å²) in [5.74, 6) is 1.45. The van der Waals surface area contributed by atoms with E-state index in [9.17, 15) is 5.11 Å². The highest BCUT2D eigenvalue weighted by atomic mass is 16.5. The van der Waals surface area contributed by atoms with Gasteiger partial charge in [0.15, 0.2) is 0 Å². The first-order valence-corrected chi connectivity index (χ1v) is 6.76. The van der Waals surface area contributed by atoms with Crippen molar-refractivity contribution in [2.45, 2.75) is 58.2 Å². The van der Waals surface area contributed by atoms with Gasteiger partial charge in [-0.3, -0.25) is 0 Å². The molecule has 1 heterocycles. The Balaban J connectivity index is 2.13. The molecule has 0 aromatic carbocycles. The van der Waals surface area contributed by atoms with Crippen molar-refractivity contribution in [1.29, 1.82) is 0 Å². The second-order valence-electron chi connectivity index (χ2n) is 5.22. The molecule has 1 fully saturated rings. The number of hydrogen-bond donors (Lipinski definition) is 1. The molecule has 1 aromatic rings. The fraction of sp³-hybridized carbons (Fsp3) is 0.846. The van der Waals surface area contributed by atoms with Crippen LogP contribution in [0, 0.1) is 5.92 Å². The fourth-order valence-corrected chi connectivity index (χ4v) is 2.49. The predicted molar refractivity (Wildman–Crippen MR) is 66.1 cm³/mol. The summed E-state index contributed by atoms with van der Waals surface area (Å²) in [6.07, 6.45) is 2.28. The third-order valence-corrected chi connectivity index (χ3v) is 3.46. The average molecular weight is 254 g/mol. The van der Waals surface area contributed by atoms with Crippen LogP contribution >= 0.6 is 0 Å². The number of rotatable bonds is 5. The second kappa shape index (κ2) is 5.80. The van der Waals surface area contributed by atoms with Crippen LogP contribution in [0.1, 0.15) is 63.8 Å². The zero-order valence-corrected chi connectivity index (χ0v) is 11.3. The van der Waals surface area contributed by atoms with Crippen molar-refractivity contribution in [3.8, 4) is 0 Å². The Bertz CT molecular complexity index is 378. The van der Waals surface area contributed by atoms with Crippen molar-refractivity contribution in [3.63, 3.8) is 0 Å². The van der Waals surface area contributed by atoms with Crippen molar-refractivity contribution < 1.29 is 14.4 Å². The molecule has 0 bridgehead atoms. The number of aliphatic hydroxyl groups is 1. The maximum atomic E-state index is 9.84. The molecule has 3 atom stereocenters. The van der Waals surface area contributed by atoms with Crippen LogP contribution in [0.15, 0.2) is 4.52 Å². The zero-order valence-electron chi connectivity index (χ0n) is 11.3. The van der Waals surface area contributed by atoms with Crippen LogP contribution in [0.2, 0.25) is 0 Å². The van der Waals surface area contributed by atoms with Gasteiger partial charge in [-0.25, -0.2) is 0 Å². The van der Waals surface area contributed by atoms with Crippen LogP contribution in [0.25, 0.3) is 0 Å². The van der Waals surface area contributed by atoms with Crippen LogP contribution in [0.5, 0.6) is 0 Å². The van der Waals surface area contributed by atoms with Crippen molar-refractivity contribution in [2.24, 2.45) is 5.92 Å². The van der Waals surface area contributed by atoms with Crippen LogP contribution in [-0.2, 0) is 4.74 Å². The van der Waals surface area contributed by atoms with E-state index in [2.05, 4.69) is 24.0 Å². The van der Waals surface area contributed by atoms with E-state index in [1.807, 2.05) is 6.92 Å². The summed E-state index contributed by atoms with van der Waals surface area (Å²) in [7, 11) is 0. The third-order valence-electron chi connectivity index (χ3n) is 3.46. The number of aromatic nitrogens is 2. The summed E-state index contributed by atoms with van der Waals surface area (Å²) >= 11 is 0.